The molecule has 2 N–H and O–H groups in total. The maximum absolute atomic E-state index is 15.6. The minimum atomic E-state index is -0.549. The van der Waals surface area contributed by atoms with E-state index in [0.717, 1.165) is 5.56 Å². The summed E-state index contributed by atoms with van der Waals surface area (Å²) >= 11 is 0. The third-order valence-corrected chi connectivity index (χ3v) is 6.35. The summed E-state index contributed by atoms with van der Waals surface area (Å²) in [6.07, 6.45) is 5.91. The van der Waals surface area contributed by atoms with Crippen molar-refractivity contribution in [3.63, 3.8) is 0 Å². The number of likely N-dealkylation sites (N-methyl/N-ethyl adjacent to an activating group) is 1. The lowest BCUT2D eigenvalue weighted by Gasteiger charge is -2.31. The maximum atomic E-state index is 15.6. The Hall–Kier alpha value is -4.21. The number of halogens is 1. The molecule has 1 aromatic carbocycles. The summed E-state index contributed by atoms with van der Waals surface area (Å²) < 4.78 is 26.3. The number of rotatable bonds is 8. The molecule has 1 unspecified atom stereocenters. The van der Waals surface area contributed by atoms with Crippen LogP contribution in [-0.2, 0) is 4.79 Å². The first kappa shape index (κ1) is 24.9. The van der Waals surface area contributed by atoms with Gasteiger partial charge in [0, 0.05) is 75.0 Å². The highest BCUT2D eigenvalue weighted by Gasteiger charge is 2.31. The summed E-state index contributed by atoms with van der Waals surface area (Å²) in [5.74, 6) is 0.483. The number of nitrogens with zero attached hydrogens (tertiary/aromatic N) is 5. The molecule has 0 saturated carbocycles. The van der Waals surface area contributed by atoms with Gasteiger partial charge in [-0.2, -0.15) is 0 Å². The number of nitrogens with two attached hydrogens (primary N) is 1. The van der Waals surface area contributed by atoms with Crippen LogP contribution in [0.4, 0.5) is 15.9 Å². The summed E-state index contributed by atoms with van der Waals surface area (Å²) in [4.78, 5) is 29.0. The highest BCUT2D eigenvalue weighted by molar-refractivity contribution is 6.10. The number of fused-ring (bicyclic) bond motifs is 1. The van der Waals surface area contributed by atoms with E-state index in [-0.39, 0.29) is 23.4 Å². The number of aromatic nitrogens is 2. The molecule has 188 valence electrons. The van der Waals surface area contributed by atoms with Crippen molar-refractivity contribution in [1.82, 2.24) is 14.9 Å². The van der Waals surface area contributed by atoms with Crippen molar-refractivity contribution in [2.24, 2.45) is 10.7 Å². The number of hydrogen-bond donors (Lipinski definition) is 1. The van der Waals surface area contributed by atoms with Gasteiger partial charge in [-0.05, 0) is 24.6 Å². The Morgan fingerprint density at radius 1 is 1.28 bits per heavy atom. The van der Waals surface area contributed by atoms with E-state index in [1.807, 2.05) is 12.1 Å². The van der Waals surface area contributed by atoms with Gasteiger partial charge in [0.1, 0.15) is 11.6 Å². The normalized spacial score (nSPS) is 16.2. The first-order valence-corrected chi connectivity index (χ1v) is 11.5. The zero-order chi connectivity index (χ0) is 25.8. The van der Waals surface area contributed by atoms with E-state index < -0.39 is 5.82 Å². The molecule has 2 aromatic heterocycles. The van der Waals surface area contributed by atoms with Crippen molar-refractivity contribution in [3.8, 4) is 11.5 Å². The third kappa shape index (κ3) is 4.79. The van der Waals surface area contributed by atoms with Gasteiger partial charge in [0.25, 0.3) is 0 Å². The molecule has 36 heavy (non-hydrogen) atoms. The topological polar surface area (TPSA) is 106 Å². The lowest BCUT2D eigenvalue weighted by Crippen LogP contribution is -2.38. The number of anilines is 2. The molecule has 0 bridgehead atoms. The fraction of sp³-hybridized carbons (Fsp3) is 0.308. The number of likely N-dealkylation sites (tertiary alicyclic amines) is 1. The number of carbonyl (C=O) groups is 1. The van der Waals surface area contributed by atoms with Crippen LogP contribution in [0.3, 0.4) is 0 Å². The Kier molecular flexibility index (Phi) is 7.33. The van der Waals surface area contributed by atoms with Crippen molar-refractivity contribution >= 4 is 40.2 Å². The number of allylic oxidation sites excluding steroid dienone is 1. The number of aliphatic imine (C=N–C) groups is 1. The first-order chi connectivity index (χ1) is 17.4. The van der Waals surface area contributed by atoms with E-state index in [1.54, 1.807) is 48.4 Å². The van der Waals surface area contributed by atoms with Gasteiger partial charge in [-0.15, -0.1) is 0 Å². The highest BCUT2D eigenvalue weighted by atomic mass is 19.1. The third-order valence-electron chi connectivity index (χ3n) is 6.35. The molecule has 1 amide bonds. The summed E-state index contributed by atoms with van der Waals surface area (Å²) in [5, 5.41) is 0. The lowest BCUT2D eigenvalue weighted by molar-refractivity contribution is -0.127. The maximum Gasteiger partial charge on any atom is 0.222 e. The predicted octanol–water partition coefficient (Wildman–Crippen LogP) is 3.55. The summed E-state index contributed by atoms with van der Waals surface area (Å²) in [7, 11) is 6.33. The van der Waals surface area contributed by atoms with Crippen LogP contribution in [0.5, 0.6) is 11.5 Å². The van der Waals surface area contributed by atoms with E-state index in [9.17, 15) is 4.79 Å². The Bertz CT molecular complexity index is 1340. The second-order valence-corrected chi connectivity index (χ2v) is 8.41. The smallest absolute Gasteiger partial charge is 0.222 e. The zero-order valence-electron chi connectivity index (χ0n) is 20.7. The minimum absolute atomic E-state index is 0.0477. The molecule has 3 aromatic rings. The lowest BCUT2D eigenvalue weighted by atomic mass is 10.1. The number of methoxy groups -OCH3 is 2. The summed E-state index contributed by atoms with van der Waals surface area (Å²) in [6.45, 7) is 0.331. The molecule has 3 heterocycles. The molecule has 10 heteroatoms. The standard InChI is InChI=1S/C26H29FN6O3/c1-29-13-17(12-28)16-9-21-20(30-14-16)6-7-24(31-21)33(15-18-5-8-25(34)32(18)2)22-10-19(35-3)11-23(36-4)26(22)27/h6-7,9-14,18H,5,8,15,28H2,1-4H3. The molecule has 0 radical (unpaired) electrons. The van der Waals surface area contributed by atoms with E-state index in [1.165, 1.54) is 26.5 Å². The van der Waals surface area contributed by atoms with Gasteiger partial charge in [-0.3, -0.25) is 14.8 Å². The van der Waals surface area contributed by atoms with Crippen LogP contribution in [0, 0.1) is 5.82 Å². The molecule has 1 atom stereocenters. The van der Waals surface area contributed by atoms with Crippen LogP contribution in [-0.4, -0.2) is 67.9 Å². The molecule has 4 rings (SSSR count). The van der Waals surface area contributed by atoms with Crippen LogP contribution in [0.15, 0.2) is 47.7 Å². The van der Waals surface area contributed by atoms with Gasteiger partial charge in [-0.1, -0.05) is 0 Å². The van der Waals surface area contributed by atoms with Crippen molar-refractivity contribution < 1.29 is 18.7 Å². The highest BCUT2D eigenvalue weighted by Crippen LogP contribution is 2.37. The molecule has 0 spiro atoms. The Balaban J connectivity index is 1.86. The molecular formula is C26H29FN6O3. The molecule has 0 aliphatic carbocycles. The van der Waals surface area contributed by atoms with Crippen LogP contribution < -0.4 is 20.1 Å². The van der Waals surface area contributed by atoms with E-state index >= 15 is 4.39 Å². The quantitative estimate of drug-likeness (QED) is 0.480. The van der Waals surface area contributed by atoms with Gasteiger partial charge in [0.05, 0.1) is 30.9 Å². The molecule has 1 aliphatic rings. The van der Waals surface area contributed by atoms with Gasteiger partial charge in [-0.25, -0.2) is 9.37 Å². The number of hydrogen-bond acceptors (Lipinski definition) is 8. The Morgan fingerprint density at radius 3 is 2.72 bits per heavy atom. The molecule has 9 nitrogen and oxygen atoms in total. The van der Waals surface area contributed by atoms with E-state index in [4.69, 9.17) is 20.2 Å². The van der Waals surface area contributed by atoms with E-state index in [2.05, 4.69) is 9.98 Å². The van der Waals surface area contributed by atoms with Crippen molar-refractivity contribution in [3.05, 3.63) is 54.1 Å². The van der Waals surface area contributed by atoms with Gasteiger partial charge in [0.2, 0.25) is 5.91 Å². The van der Waals surface area contributed by atoms with E-state index in [0.29, 0.717) is 47.6 Å². The second-order valence-electron chi connectivity index (χ2n) is 8.41. The summed E-state index contributed by atoms with van der Waals surface area (Å²) in [6, 6.07) is 8.43. The molecular weight excluding hydrogens is 463 g/mol. The first-order valence-electron chi connectivity index (χ1n) is 11.5. The summed E-state index contributed by atoms with van der Waals surface area (Å²) in [5.41, 5.74) is 8.72. The van der Waals surface area contributed by atoms with Crippen LogP contribution in [0.25, 0.3) is 16.6 Å². The van der Waals surface area contributed by atoms with Crippen LogP contribution in [0.2, 0.25) is 0 Å². The van der Waals surface area contributed by atoms with Crippen LogP contribution >= 0.6 is 0 Å². The number of amides is 1. The van der Waals surface area contributed by atoms with Crippen molar-refractivity contribution in [1.29, 1.82) is 0 Å². The second kappa shape index (κ2) is 10.6. The van der Waals surface area contributed by atoms with Crippen molar-refractivity contribution in [2.45, 2.75) is 18.9 Å². The van der Waals surface area contributed by atoms with Crippen molar-refractivity contribution in [2.75, 3.05) is 39.8 Å². The van der Waals surface area contributed by atoms with Gasteiger partial charge >= 0.3 is 0 Å². The fourth-order valence-corrected chi connectivity index (χ4v) is 4.28. The number of carbonyl (C=O) groups excluding carboxylic acids is 1. The largest absolute Gasteiger partial charge is 0.497 e. The monoisotopic (exact) mass is 492 g/mol. The molecule has 1 saturated heterocycles. The SMILES string of the molecule is CN=CC(=CN)c1cnc2ccc(N(CC3CCC(=O)N3C)c3cc(OC)cc(OC)c3F)nc2c1. The fourth-order valence-electron chi connectivity index (χ4n) is 4.28. The minimum Gasteiger partial charge on any atom is -0.497 e. The molecule has 1 aliphatic heterocycles. The van der Waals surface area contributed by atoms with Gasteiger partial charge in [0.15, 0.2) is 11.6 Å². The van der Waals surface area contributed by atoms with Crippen LogP contribution in [0.1, 0.15) is 18.4 Å². The predicted molar refractivity (Wildman–Crippen MR) is 138 cm³/mol. The Morgan fingerprint density at radius 2 is 2.08 bits per heavy atom. The van der Waals surface area contributed by atoms with Gasteiger partial charge < -0.3 is 25.0 Å². The zero-order valence-corrected chi connectivity index (χ0v) is 20.7. The number of ether oxygens (including phenoxy) is 2. The average molecular weight is 493 g/mol. The molecule has 1 fully saturated rings. The number of benzene rings is 1. The number of pyridine rings is 2. The Labute approximate surface area is 209 Å². The average Bonchev–Trinajstić information content (AvgIpc) is 3.22.